The van der Waals surface area contributed by atoms with Gasteiger partial charge in [0.1, 0.15) is 12.9 Å². The highest BCUT2D eigenvalue weighted by atomic mass is 35.5. The molecule has 1 heterocycles. The molecule has 1 N–H and O–H groups in total. The van der Waals surface area contributed by atoms with Gasteiger partial charge in [0, 0.05) is 17.6 Å². The number of benzene rings is 1. The number of carbonyl (C=O) groups excluding carboxylic acids is 1. The van der Waals surface area contributed by atoms with E-state index >= 15 is 0 Å². The van der Waals surface area contributed by atoms with Crippen LogP contribution in [0, 0.1) is 0 Å². The second-order valence-electron chi connectivity index (χ2n) is 5.67. The summed E-state index contributed by atoms with van der Waals surface area (Å²) in [7, 11) is 0. The lowest BCUT2D eigenvalue weighted by Gasteiger charge is -2.21. The largest absolute Gasteiger partial charge is 0.480 e. The minimum absolute atomic E-state index is 0.0896. The minimum Gasteiger partial charge on any atom is -0.480 e. The van der Waals surface area contributed by atoms with E-state index in [1.165, 1.54) is 16.7 Å². The van der Waals surface area contributed by atoms with E-state index in [0.29, 0.717) is 10.2 Å². The van der Waals surface area contributed by atoms with Crippen molar-refractivity contribution in [3.63, 3.8) is 0 Å². The molecule has 2 aromatic rings. The quantitative estimate of drug-likeness (QED) is 0.706. The number of rotatable bonds is 8. The summed E-state index contributed by atoms with van der Waals surface area (Å²) in [6.45, 7) is 3.83. The number of halogens is 1. The van der Waals surface area contributed by atoms with Crippen LogP contribution >= 0.6 is 23.4 Å². The van der Waals surface area contributed by atoms with Gasteiger partial charge in [-0.25, -0.2) is 0 Å². The van der Waals surface area contributed by atoms with Crippen LogP contribution < -0.4 is 0 Å². The molecule has 0 bridgehead atoms. The van der Waals surface area contributed by atoms with Crippen LogP contribution in [0.15, 0.2) is 35.7 Å². The fourth-order valence-electron chi connectivity index (χ4n) is 2.11. The molecule has 2 rings (SSSR count). The molecule has 134 valence electrons. The van der Waals surface area contributed by atoms with Gasteiger partial charge in [-0.05, 0) is 31.5 Å². The zero-order chi connectivity index (χ0) is 18.4. The number of amides is 1. The van der Waals surface area contributed by atoms with E-state index in [-0.39, 0.29) is 30.8 Å². The summed E-state index contributed by atoms with van der Waals surface area (Å²) >= 11 is 7.09. The maximum atomic E-state index is 12.5. The first-order chi connectivity index (χ1) is 11.9. The lowest BCUT2D eigenvalue weighted by atomic mass is 10.2. The minimum atomic E-state index is -1.06. The first-order valence-electron chi connectivity index (χ1n) is 7.63. The van der Waals surface area contributed by atoms with Crippen molar-refractivity contribution in [2.75, 3.05) is 12.3 Å². The molecular formula is C16H19ClN4O3S. The van der Waals surface area contributed by atoms with E-state index < -0.39 is 5.97 Å². The highest BCUT2D eigenvalue weighted by Gasteiger charge is 2.19. The van der Waals surface area contributed by atoms with E-state index in [4.69, 9.17) is 16.7 Å². The van der Waals surface area contributed by atoms with E-state index in [0.717, 1.165) is 5.56 Å². The van der Waals surface area contributed by atoms with Crippen molar-refractivity contribution >= 4 is 35.2 Å². The average molecular weight is 383 g/mol. The Morgan fingerprint density at radius 2 is 2.00 bits per heavy atom. The van der Waals surface area contributed by atoms with Crippen molar-refractivity contribution < 1.29 is 14.7 Å². The molecule has 0 fully saturated rings. The van der Waals surface area contributed by atoms with Crippen LogP contribution in [0.3, 0.4) is 0 Å². The van der Waals surface area contributed by atoms with Gasteiger partial charge in [0.05, 0.1) is 5.75 Å². The van der Waals surface area contributed by atoms with Crippen LogP contribution in [0.5, 0.6) is 0 Å². The summed E-state index contributed by atoms with van der Waals surface area (Å²) in [5, 5.41) is 18.1. The maximum Gasteiger partial charge on any atom is 0.323 e. The molecule has 0 aliphatic rings. The fraction of sp³-hybridized carbons (Fsp3) is 0.375. The van der Waals surface area contributed by atoms with Gasteiger partial charge in [0.15, 0.2) is 5.16 Å². The summed E-state index contributed by atoms with van der Waals surface area (Å²) in [4.78, 5) is 24.9. The Kier molecular flexibility index (Phi) is 6.83. The number of nitrogens with zero attached hydrogens (tertiary/aromatic N) is 4. The van der Waals surface area contributed by atoms with Crippen LogP contribution in [0.25, 0.3) is 0 Å². The number of thioether (sulfide) groups is 1. The van der Waals surface area contributed by atoms with Gasteiger partial charge in [-0.2, -0.15) is 0 Å². The van der Waals surface area contributed by atoms with Gasteiger partial charge in [0.25, 0.3) is 0 Å². The van der Waals surface area contributed by atoms with Crippen molar-refractivity contribution in [2.24, 2.45) is 0 Å². The van der Waals surface area contributed by atoms with E-state index in [2.05, 4.69) is 10.2 Å². The standard InChI is InChI=1S/C16H19ClN4O3S/c1-11(2)21-10-18-19-16(21)25-9-14(22)20(8-15(23)24)7-12-3-5-13(17)6-4-12/h3-6,10-11H,7-9H2,1-2H3,(H,23,24). The molecule has 1 aromatic carbocycles. The second kappa shape index (κ2) is 8.87. The van der Waals surface area contributed by atoms with Crippen molar-refractivity contribution in [2.45, 2.75) is 31.6 Å². The van der Waals surface area contributed by atoms with Crippen LogP contribution in [0.2, 0.25) is 5.02 Å². The molecule has 0 atom stereocenters. The van der Waals surface area contributed by atoms with Gasteiger partial charge >= 0.3 is 5.97 Å². The third-order valence-corrected chi connectivity index (χ3v) is 4.58. The monoisotopic (exact) mass is 382 g/mol. The molecule has 0 aliphatic carbocycles. The Bertz CT molecular complexity index is 733. The van der Waals surface area contributed by atoms with Gasteiger partial charge in [0.2, 0.25) is 5.91 Å². The highest BCUT2D eigenvalue weighted by Crippen LogP contribution is 2.20. The van der Waals surface area contributed by atoms with Gasteiger partial charge in [-0.3, -0.25) is 9.59 Å². The van der Waals surface area contributed by atoms with Crippen LogP contribution in [-0.4, -0.2) is 48.9 Å². The summed E-state index contributed by atoms with van der Waals surface area (Å²) in [6.07, 6.45) is 1.61. The highest BCUT2D eigenvalue weighted by molar-refractivity contribution is 7.99. The van der Waals surface area contributed by atoms with Crippen LogP contribution in [0.1, 0.15) is 25.5 Å². The predicted octanol–water partition coefficient (Wildman–Crippen LogP) is 2.72. The molecule has 7 nitrogen and oxygen atoms in total. The molecule has 0 saturated heterocycles. The Hall–Kier alpha value is -2.06. The molecule has 1 amide bonds. The number of aromatic nitrogens is 3. The summed E-state index contributed by atoms with van der Waals surface area (Å²) in [6, 6.07) is 7.14. The van der Waals surface area contributed by atoms with E-state index in [1.807, 2.05) is 18.4 Å². The Balaban J connectivity index is 2.03. The van der Waals surface area contributed by atoms with Crippen LogP contribution in [-0.2, 0) is 16.1 Å². The summed E-state index contributed by atoms with van der Waals surface area (Å²) < 4.78 is 1.86. The molecular weight excluding hydrogens is 364 g/mol. The van der Waals surface area contributed by atoms with Crippen LogP contribution in [0.4, 0.5) is 0 Å². The first-order valence-corrected chi connectivity index (χ1v) is 8.99. The smallest absolute Gasteiger partial charge is 0.323 e. The molecule has 9 heteroatoms. The lowest BCUT2D eigenvalue weighted by molar-refractivity contribution is -0.143. The van der Waals surface area contributed by atoms with Gasteiger partial charge in [-0.1, -0.05) is 35.5 Å². The molecule has 0 saturated carbocycles. The molecule has 0 spiro atoms. The number of carboxylic acids is 1. The number of hydrogen-bond acceptors (Lipinski definition) is 5. The first kappa shape index (κ1) is 19.3. The number of aliphatic carboxylic acids is 1. The molecule has 0 unspecified atom stereocenters. The molecule has 0 aliphatic heterocycles. The number of carboxylic acid groups (broad SMARTS) is 1. The average Bonchev–Trinajstić information content (AvgIpc) is 3.02. The maximum absolute atomic E-state index is 12.5. The Labute approximate surface area is 155 Å². The normalized spacial score (nSPS) is 10.9. The third-order valence-electron chi connectivity index (χ3n) is 3.39. The summed E-state index contributed by atoms with van der Waals surface area (Å²) in [5.74, 6) is -1.25. The summed E-state index contributed by atoms with van der Waals surface area (Å²) in [5.41, 5.74) is 0.814. The van der Waals surface area contributed by atoms with Gasteiger partial charge in [-0.15, -0.1) is 10.2 Å². The van der Waals surface area contributed by atoms with E-state index in [9.17, 15) is 9.59 Å². The van der Waals surface area contributed by atoms with Gasteiger partial charge < -0.3 is 14.6 Å². The number of hydrogen-bond donors (Lipinski definition) is 1. The van der Waals surface area contributed by atoms with Crippen molar-refractivity contribution in [3.8, 4) is 0 Å². The van der Waals surface area contributed by atoms with Crippen molar-refractivity contribution in [3.05, 3.63) is 41.2 Å². The molecule has 0 radical (unpaired) electrons. The Morgan fingerprint density at radius 3 is 2.60 bits per heavy atom. The number of carbonyl (C=O) groups is 2. The zero-order valence-electron chi connectivity index (χ0n) is 13.9. The van der Waals surface area contributed by atoms with Crippen molar-refractivity contribution in [1.29, 1.82) is 0 Å². The Morgan fingerprint density at radius 1 is 1.32 bits per heavy atom. The van der Waals surface area contributed by atoms with Crippen molar-refractivity contribution in [1.82, 2.24) is 19.7 Å². The lowest BCUT2D eigenvalue weighted by Crippen LogP contribution is -2.36. The zero-order valence-corrected chi connectivity index (χ0v) is 15.5. The predicted molar refractivity (Wildman–Crippen MR) is 95.6 cm³/mol. The third kappa shape index (κ3) is 5.75. The molecule has 25 heavy (non-hydrogen) atoms. The van der Waals surface area contributed by atoms with E-state index in [1.54, 1.807) is 30.6 Å². The SMILES string of the molecule is CC(C)n1cnnc1SCC(=O)N(CC(=O)O)Cc1ccc(Cl)cc1. The molecule has 1 aromatic heterocycles. The topological polar surface area (TPSA) is 88.3 Å². The second-order valence-corrected chi connectivity index (χ2v) is 7.05. The fourth-order valence-corrected chi connectivity index (χ4v) is 3.19.